The molecule has 6 nitrogen and oxygen atoms in total. The number of unbranched alkanes of at least 4 members (excludes halogenated alkanes) is 1. The minimum Gasteiger partial charge on any atom is -0.355 e. The summed E-state index contributed by atoms with van der Waals surface area (Å²) in [5.41, 5.74) is 3.03. The molecule has 0 spiro atoms. The molecule has 1 aliphatic rings. The molecule has 1 aromatic carbocycles. The van der Waals surface area contributed by atoms with Crippen LogP contribution in [-0.2, 0) is 11.3 Å². The molecule has 1 amide bonds. The minimum absolute atomic E-state index is 0.0191. The van der Waals surface area contributed by atoms with E-state index in [1.807, 2.05) is 36.5 Å². The Morgan fingerprint density at radius 2 is 2.00 bits per heavy atom. The van der Waals surface area contributed by atoms with Crippen molar-refractivity contribution in [3.8, 4) is 11.1 Å². The molecule has 7 heteroatoms. The van der Waals surface area contributed by atoms with Crippen molar-refractivity contribution in [3.05, 3.63) is 46.9 Å². The van der Waals surface area contributed by atoms with Gasteiger partial charge in [0.2, 0.25) is 5.91 Å². The van der Waals surface area contributed by atoms with Crippen LogP contribution in [0.15, 0.2) is 46.5 Å². The van der Waals surface area contributed by atoms with Crippen molar-refractivity contribution in [1.29, 1.82) is 0 Å². The zero-order chi connectivity index (χ0) is 21.6. The van der Waals surface area contributed by atoms with Crippen LogP contribution in [0.25, 0.3) is 22.2 Å². The Morgan fingerprint density at radius 1 is 1.23 bits per heavy atom. The summed E-state index contributed by atoms with van der Waals surface area (Å²) in [6.07, 6.45) is 9.47. The summed E-state index contributed by atoms with van der Waals surface area (Å²) in [5.74, 6) is 0.289. The van der Waals surface area contributed by atoms with Crippen molar-refractivity contribution in [1.82, 2.24) is 19.9 Å². The van der Waals surface area contributed by atoms with Gasteiger partial charge >= 0.3 is 0 Å². The smallest absolute Gasteiger partial charge is 0.278 e. The summed E-state index contributed by atoms with van der Waals surface area (Å²) >= 11 is 1.36. The highest BCUT2D eigenvalue weighted by molar-refractivity contribution is 7.99. The minimum atomic E-state index is -0.0733. The van der Waals surface area contributed by atoms with Gasteiger partial charge in [0.1, 0.15) is 11.0 Å². The Hall–Kier alpha value is -2.54. The van der Waals surface area contributed by atoms with Gasteiger partial charge in [0.15, 0.2) is 5.16 Å². The summed E-state index contributed by atoms with van der Waals surface area (Å²) in [6, 6.07) is 10.2. The number of amides is 1. The third kappa shape index (κ3) is 5.03. The van der Waals surface area contributed by atoms with E-state index in [9.17, 15) is 9.59 Å². The highest BCUT2D eigenvalue weighted by Gasteiger charge is 2.19. The van der Waals surface area contributed by atoms with Gasteiger partial charge in [0.25, 0.3) is 5.56 Å². The van der Waals surface area contributed by atoms with E-state index >= 15 is 0 Å². The molecule has 1 saturated carbocycles. The maximum atomic E-state index is 13.2. The van der Waals surface area contributed by atoms with Crippen LogP contribution in [0, 0.1) is 0 Å². The first-order valence-corrected chi connectivity index (χ1v) is 12.3. The quantitative estimate of drug-likeness (QED) is 0.393. The van der Waals surface area contributed by atoms with Crippen molar-refractivity contribution in [2.75, 3.05) is 5.75 Å². The lowest BCUT2D eigenvalue weighted by Gasteiger charge is -2.22. The molecule has 0 radical (unpaired) electrons. The Morgan fingerprint density at radius 3 is 2.74 bits per heavy atom. The molecule has 0 aliphatic heterocycles. The van der Waals surface area contributed by atoms with Crippen molar-refractivity contribution in [2.45, 2.75) is 69.6 Å². The fourth-order valence-electron chi connectivity index (χ4n) is 4.18. The first-order valence-electron chi connectivity index (χ1n) is 11.3. The largest absolute Gasteiger partial charge is 0.355 e. The van der Waals surface area contributed by atoms with Crippen LogP contribution >= 0.6 is 11.8 Å². The molecule has 0 atom stereocenters. The van der Waals surface area contributed by atoms with Gasteiger partial charge in [-0.15, -0.1) is 0 Å². The Bertz CT molecular complexity index is 1080. The number of H-pyrrole nitrogens is 1. The van der Waals surface area contributed by atoms with Crippen LogP contribution in [0.5, 0.6) is 0 Å². The second-order valence-corrected chi connectivity index (χ2v) is 9.13. The summed E-state index contributed by atoms with van der Waals surface area (Å²) in [4.78, 5) is 33.8. The van der Waals surface area contributed by atoms with Crippen LogP contribution in [0.4, 0.5) is 0 Å². The first kappa shape index (κ1) is 21.7. The number of nitrogens with one attached hydrogen (secondary N) is 2. The number of hydrogen-bond donors (Lipinski definition) is 2. The van der Waals surface area contributed by atoms with Crippen LogP contribution in [0.2, 0.25) is 0 Å². The van der Waals surface area contributed by atoms with Gasteiger partial charge in [-0.3, -0.25) is 14.2 Å². The maximum Gasteiger partial charge on any atom is 0.278 e. The molecule has 2 heterocycles. The number of aromatic amines is 1. The SMILES string of the molecule is CCCCn1c(SCC(=O)NC2CCCCC2)nc2c(-c3ccccc3)c[nH]c2c1=O. The number of aromatic nitrogens is 3. The molecule has 1 aliphatic carbocycles. The molecule has 2 aromatic heterocycles. The number of thioether (sulfide) groups is 1. The number of benzene rings is 1. The lowest BCUT2D eigenvalue weighted by molar-refractivity contribution is -0.119. The number of carbonyl (C=O) groups is 1. The van der Waals surface area contributed by atoms with E-state index in [0.717, 1.165) is 36.8 Å². The number of fused-ring (bicyclic) bond motifs is 1. The summed E-state index contributed by atoms with van der Waals surface area (Å²) in [6.45, 7) is 2.70. The first-order chi connectivity index (χ1) is 15.2. The summed E-state index contributed by atoms with van der Waals surface area (Å²) < 4.78 is 1.72. The van der Waals surface area contributed by atoms with E-state index in [1.54, 1.807) is 4.57 Å². The fraction of sp³-hybridized carbons (Fsp3) is 0.458. The molecule has 0 saturated heterocycles. The molecule has 4 rings (SSSR count). The van der Waals surface area contributed by atoms with Gasteiger partial charge in [0.05, 0.1) is 5.75 Å². The van der Waals surface area contributed by atoms with Gasteiger partial charge in [0, 0.05) is 24.3 Å². The molecular weight excluding hydrogens is 408 g/mol. The topological polar surface area (TPSA) is 79.8 Å². The van der Waals surface area contributed by atoms with Crippen molar-refractivity contribution < 1.29 is 4.79 Å². The van der Waals surface area contributed by atoms with Gasteiger partial charge in [-0.05, 0) is 24.8 Å². The second kappa shape index (κ2) is 10.2. The van der Waals surface area contributed by atoms with E-state index in [-0.39, 0.29) is 23.3 Å². The van der Waals surface area contributed by atoms with Crippen LogP contribution in [0.3, 0.4) is 0 Å². The molecular formula is C24H30N4O2S. The van der Waals surface area contributed by atoms with E-state index in [0.29, 0.717) is 22.7 Å². The van der Waals surface area contributed by atoms with Crippen molar-refractivity contribution in [2.24, 2.45) is 0 Å². The van der Waals surface area contributed by atoms with Crippen LogP contribution in [-0.4, -0.2) is 32.2 Å². The van der Waals surface area contributed by atoms with Gasteiger partial charge < -0.3 is 10.3 Å². The highest BCUT2D eigenvalue weighted by atomic mass is 32.2. The molecule has 1 fully saturated rings. The van der Waals surface area contributed by atoms with E-state index in [1.165, 1.54) is 31.0 Å². The molecule has 164 valence electrons. The lowest BCUT2D eigenvalue weighted by atomic mass is 9.95. The standard InChI is InChI=1S/C24H30N4O2S/c1-2-3-14-28-23(30)22-21(19(15-25-22)17-10-6-4-7-11-17)27-24(28)31-16-20(29)26-18-12-8-5-9-13-18/h4,6-7,10-11,15,18,25H,2-3,5,8-9,12-14,16H2,1H3,(H,26,29). The number of rotatable bonds is 8. The third-order valence-electron chi connectivity index (χ3n) is 5.87. The summed E-state index contributed by atoms with van der Waals surface area (Å²) in [7, 11) is 0. The third-order valence-corrected chi connectivity index (χ3v) is 6.85. The molecule has 3 aromatic rings. The van der Waals surface area contributed by atoms with E-state index in [4.69, 9.17) is 4.98 Å². The van der Waals surface area contributed by atoms with Crippen LogP contribution in [0.1, 0.15) is 51.9 Å². The monoisotopic (exact) mass is 438 g/mol. The Balaban J connectivity index is 1.61. The number of hydrogen-bond acceptors (Lipinski definition) is 4. The lowest BCUT2D eigenvalue weighted by Crippen LogP contribution is -2.37. The normalized spacial score (nSPS) is 14.7. The predicted molar refractivity (Wildman–Crippen MR) is 126 cm³/mol. The zero-order valence-corrected chi connectivity index (χ0v) is 18.8. The van der Waals surface area contributed by atoms with Crippen molar-refractivity contribution >= 4 is 28.7 Å². The van der Waals surface area contributed by atoms with Gasteiger partial charge in [-0.2, -0.15) is 0 Å². The number of carbonyl (C=O) groups excluding carboxylic acids is 1. The van der Waals surface area contributed by atoms with E-state index in [2.05, 4.69) is 17.2 Å². The maximum absolute atomic E-state index is 13.2. The van der Waals surface area contributed by atoms with Crippen LogP contribution < -0.4 is 10.9 Å². The Labute approximate surface area is 186 Å². The average Bonchev–Trinajstić information content (AvgIpc) is 3.23. The number of nitrogens with zero attached hydrogens (tertiary/aromatic N) is 2. The average molecular weight is 439 g/mol. The fourth-order valence-corrected chi connectivity index (χ4v) is 5.01. The molecule has 0 bridgehead atoms. The van der Waals surface area contributed by atoms with Gasteiger partial charge in [-0.25, -0.2) is 4.98 Å². The highest BCUT2D eigenvalue weighted by Crippen LogP contribution is 2.28. The molecule has 31 heavy (non-hydrogen) atoms. The van der Waals surface area contributed by atoms with Gasteiger partial charge in [-0.1, -0.05) is 74.7 Å². The molecule has 0 unspecified atom stereocenters. The van der Waals surface area contributed by atoms with Crippen molar-refractivity contribution in [3.63, 3.8) is 0 Å². The Kier molecular flexibility index (Phi) is 7.12. The summed E-state index contributed by atoms with van der Waals surface area (Å²) in [5, 5.41) is 3.77. The van der Waals surface area contributed by atoms with E-state index < -0.39 is 0 Å². The second-order valence-electron chi connectivity index (χ2n) is 8.19. The zero-order valence-electron chi connectivity index (χ0n) is 18.0. The predicted octanol–water partition coefficient (Wildman–Crippen LogP) is 4.73. The molecule has 2 N–H and O–H groups in total.